The summed E-state index contributed by atoms with van der Waals surface area (Å²) in [5.41, 5.74) is 4.56. The Hall–Kier alpha value is -1.08. The molecule has 10 heavy (non-hydrogen) atoms. The summed E-state index contributed by atoms with van der Waals surface area (Å²) in [6.45, 7) is 3.37. The van der Waals surface area contributed by atoms with Crippen molar-refractivity contribution in [3.05, 3.63) is 0 Å². The minimum Gasteiger partial charge on any atom is -0.318 e. The molecule has 0 spiro atoms. The molecular formula is C6H11N3O. The largest absolute Gasteiger partial charge is 0.318 e. The second kappa shape index (κ2) is 3.18. The molecule has 0 heterocycles. The lowest BCUT2D eigenvalue weighted by molar-refractivity contribution is -0.124. The highest BCUT2D eigenvalue weighted by Crippen LogP contribution is 2.02. The van der Waals surface area contributed by atoms with E-state index in [0.29, 0.717) is 6.42 Å². The van der Waals surface area contributed by atoms with Crippen LogP contribution in [0.1, 0.15) is 20.3 Å². The second-order valence-corrected chi connectivity index (χ2v) is 2.34. The number of hydrogen-bond donors (Lipinski definition) is 2. The molecule has 0 saturated heterocycles. The molecule has 1 unspecified atom stereocenters. The molecule has 56 valence electrons. The summed E-state index contributed by atoms with van der Waals surface area (Å²) in [6.07, 6.45) is 2.04. The van der Waals surface area contributed by atoms with Gasteiger partial charge in [0, 0.05) is 0 Å². The molecule has 1 atom stereocenters. The quantitative estimate of drug-likeness (QED) is 0.409. The molecule has 0 fully saturated rings. The van der Waals surface area contributed by atoms with Crippen LogP contribution in [0.15, 0.2) is 0 Å². The first-order chi connectivity index (χ1) is 4.54. The highest BCUT2D eigenvalue weighted by Gasteiger charge is 2.25. The van der Waals surface area contributed by atoms with Crippen LogP contribution in [0.5, 0.6) is 0 Å². The van der Waals surface area contributed by atoms with Crippen LogP contribution in [-0.4, -0.2) is 11.4 Å². The Balaban J connectivity index is 4.08. The van der Waals surface area contributed by atoms with Crippen LogP contribution >= 0.6 is 0 Å². The highest BCUT2D eigenvalue weighted by molar-refractivity contribution is 5.86. The smallest absolute Gasteiger partial charge is 0.252 e. The van der Waals surface area contributed by atoms with E-state index in [1.807, 2.05) is 5.32 Å². The average Bonchev–Trinajstić information content (AvgIpc) is 1.89. The Bertz CT molecular complexity index is 168. The first-order valence-electron chi connectivity index (χ1n) is 3.03. The number of carbonyl (C=O) groups excluding carboxylic acids is 1. The van der Waals surface area contributed by atoms with Crippen LogP contribution in [0.3, 0.4) is 0 Å². The lowest BCUT2D eigenvalue weighted by atomic mass is 10.00. The van der Waals surface area contributed by atoms with Crippen molar-refractivity contribution in [1.29, 1.82) is 5.26 Å². The third-order valence-electron chi connectivity index (χ3n) is 1.42. The van der Waals surface area contributed by atoms with E-state index in [9.17, 15) is 4.79 Å². The molecule has 0 aliphatic carbocycles. The van der Waals surface area contributed by atoms with Crippen LogP contribution < -0.4 is 11.1 Å². The van der Waals surface area contributed by atoms with Gasteiger partial charge in [-0.2, -0.15) is 5.26 Å². The van der Waals surface area contributed by atoms with Crippen molar-refractivity contribution in [2.24, 2.45) is 5.73 Å². The molecule has 3 N–H and O–H groups in total. The number of nitrogens with zero attached hydrogens (tertiary/aromatic N) is 1. The zero-order valence-corrected chi connectivity index (χ0v) is 6.14. The van der Waals surface area contributed by atoms with Gasteiger partial charge in [-0.15, -0.1) is 0 Å². The Morgan fingerprint density at radius 1 is 1.90 bits per heavy atom. The summed E-state index contributed by atoms with van der Waals surface area (Å²) >= 11 is 0. The maximum atomic E-state index is 10.8. The van der Waals surface area contributed by atoms with Gasteiger partial charge in [0.15, 0.2) is 6.19 Å². The summed E-state index contributed by atoms with van der Waals surface area (Å²) in [4.78, 5) is 10.8. The molecule has 0 aliphatic heterocycles. The molecule has 0 saturated carbocycles. The fraction of sp³-hybridized carbons (Fsp3) is 0.667. The van der Waals surface area contributed by atoms with Crippen LogP contribution in [0.4, 0.5) is 0 Å². The first kappa shape index (κ1) is 8.92. The lowest BCUT2D eigenvalue weighted by Crippen LogP contribution is -2.49. The van der Waals surface area contributed by atoms with Gasteiger partial charge < -0.3 is 5.73 Å². The van der Waals surface area contributed by atoms with Gasteiger partial charge in [0.1, 0.15) is 0 Å². The zero-order chi connectivity index (χ0) is 8.20. The topological polar surface area (TPSA) is 78.9 Å². The Kier molecular flexibility index (Phi) is 2.84. The van der Waals surface area contributed by atoms with Gasteiger partial charge >= 0.3 is 0 Å². The minimum absolute atomic E-state index is 0.433. The molecule has 0 aliphatic rings. The fourth-order valence-electron chi connectivity index (χ4n) is 0.354. The summed E-state index contributed by atoms with van der Waals surface area (Å²) in [7, 11) is 0. The molecule has 4 nitrogen and oxygen atoms in total. The van der Waals surface area contributed by atoms with E-state index in [1.165, 1.54) is 6.19 Å². The van der Waals surface area contributed by atoms with Crippen molar-refractivity contribution in [3.63, 3.8) is 0 Å². The van der Waals surface area contributed by atoms with Gasteiger partial charge in [-0.25, -0.2) is 0 Å². The number of carbonyl (C=O) groups is 1. The van der Waals surface area contributed by atoms with E-state index < -0.39 is 11.4 Å². The predicted molar refractivity (Wildman–Crippen MR) is 36.6 cm³/mol. The number of amides is 1. The predicted octanol–water partition coefficient (Wildman–Crippen LogP) is -0.289. The monoisotopic (exact) mass is 141 g/mol. The summed E-state index contributed by atoms with van der Waals surface area (Å²) in [5, 5.41) is 10.0. The van der Waals surface area contributed by atoms with Crippen LogP contribution in [0.25, 0.3) is 0 Å². The van der Waals surface area contributed by atoms with Gasteiger partial charge in [-0.05, 0) is 13.3 Å². The number of nitrogens with one attached hydrogen (secondary N) is 1. The molecule has 0 aromatic rings. The summed E-state index contributed by atoms with van der Waals surface area (Å²) in [6, 6.07) is 0. The number of rotatable bonds is 2. The molecule has 0 rings (SSSR count). The molecule has 0 aromatic carbocycles. The van der Waals surface area contributed by atoms with Crippen molar-refractivity contribution < 1.29 is 4.79 Å². The number of nitrogens with two attached hydrogens (primary N) is 1. The molecule has 1 amide bonds. The van der Waals surface area contributed by atoms with E-state index in [2.05, 4.69) is 0 Å². The molecular weight excluding hydrogens is 130 g/mol. The highest BCUT2D eigenvalue weighted by atomic mass is 16.2. The van der Waals surface area contributed by atoms with E-state index in [-0.39, 0.29) is 0 Å². The second-order valence-electron chi connectivity index (χ2n) is 2.34. The zero-order valence-electron chi connectivity index (χ0n) is 6.14. The van der Waals surface area contributed by atoms with Crippen LogP contribution in [0, 0.1) is 11.5 Å². The van der Waals surface area contributed by atoms with Gasteiger partial charge in [-0.3, -0.25) is 10.1 Å². The lowest BCUT2D eigenvalue weighted by Gasteiger charge is -2.18. The van der Waals surface area contributed by atoms with Gasteiger partial charge in [0.05, 0.1) is 5.54 Å². The van der Waals surface area contributed by atoms with E-state index in [0.717, 1.165) is 0 Å². The van der Waals surface area contributed by atoms with Crippen molar-refractivity contribution in [2.75, 3.05) is 0 Å². The van der Waals surface area contributed by atoms with Crippen molar-refractivity contribution in [1.82, 2.24) is 5.32 Å². The number of nitriles is 1. The average molecular weight is 141 g/mol. The van der Waals surface area contributed by atoms with E-state index in [1.54, 1.807) is 13.8 Å². The third kappa shape index (κ3) is 2.03. The Morgan fingerprint density at radius 2 is 2.40 bits per heavy atom. The summed E-state index contributed by atoms with van der Waals surface area (Å²) in [5.74, 6) is -0.433. The third-order valence-corrected chi connectivity index (χ3v) is 1.42. The number of hydrogen-bond acceptors (Lipinski definition) is 3. The maximum Gasteiger partial charge on any atom is 0.252 e. The molecule has 0 aromatic heterocycles. The van der Waals surface area contributed by atoms with Gasteiger partial charge in [-0.1, -0.05) is 6.92 Å². The fourth-order valence-corrected chi connectivity index (χ4v) is 0.354. The Labute approximate surface area is 60.0 Å². The molecule has 0 bridgehead atoms. The Morgan fingerprint density at radius 3 is 2.70 bits per heavy atom. The summed E-state index contributed by atoms with van der Waals surface area (Å²) < 4.78 is 0. The van der Waals surface area contributed by atoms with Crippen LogP contribution in [-0.2, 0) is 4.79 Å². The van der Waals surface area contributed by atoms with Crippen molar-refractivity contribution >= 4 is 5.91 Å². The standard InChI is InChI=1S/C6H11N3O/c1-3-6(2,8)5(10)9-4-7/h3,8H2,1-2H3,(H,9,10). The molecule has 0 radical (unpaired) electrons. The van der Waals surface area contributed by atoms with Gasteiger partial charge in [0.25, 0.3) is 5.91 Å². The van der Waals surface area contributed by atoms with E-state index >= 15 is 0 Å². The van der Waals surface area contributed by atoms with E-state index in [4.69, 9.17) is 11.0 Å². The van der Waals surface area contributed by atoms with Gasteiger partial charge in [0.2, 0.25) is 0 Å². The minimum atomic E-state index is -0.921. The van der Waals surface area contributed by atoms with Crippen molar-refractivity contribution in [3.8, 4) is 6.19 Å². The SMILES string of the molecule is CCC(C)(N)C(=O)NC#N. The maximum absolute atomic E-state index is 10.8. The first-order valence-corrected chi connectivity index (χ1v) is 3.03. The molecule has 4 heteroatoms. The van der Waals surface area contributed by atoms with Crippen molar-refractivity contribution in [2.45, 2.75) is 25.8 Å². The van der Waals surface area contributed by atoms with Crippen LogP contribution in [0.2, 0.25) is 0 Å². The normalized spacial score (nSPS) is 15.0.